The normalized spacial score (nSPS) is 10.7. The zero-order valence-corrected chi connectivity index (χ0v) is 14.1. The van der Waals surface area contributed by atoms with E-state index < -0.39 is 16.1 Å². The SMILES string of the molecule is CCOC(=O)NCCC(=O)Nc1cc(C)ccc1NS(C)(=O)=O. The molecule has 3 N–H and O–H groups in total. The van der Waals surface area contributed by atoms with Crippen LogP contribution in [0, 0.1) is 6.92 Å². The molecule has 0 unspecified atom stereocenters. The summed E-state index contributed by atoms with van der Waals surface area (Å²) < 4.78 is 29.7. The van der Waals surface area contributed by atoms with Crippen LogP contribution >= 0.6 is 0 Å². The summed E-state index contributed by atoms with van der Waals surface area (Å²) in [7, 11) is -3.46. The van der Waals surface area contributed by atoms with Gasteiger partial charge in [-0.25, -0.2) is 13.2 Å². The van der Waals surface area contributed by atoms with Crippen molar-refractivity contribution >= 4 is 33.4 Å². The second kappa shape index (κ2) is 8.37. The number of benzene rings is 1. The summed E-state index contributed by atoms with van der Waals surface area (Å²) >= 11 is 0. The highest BCUT2D eigenvalue weighted by Gasteiger charge is 2.11. The molecule has 2 amide bonds. The topological polar surface area (TPSA) is 114 Å². The number of alkyl carbamates (subject to hydrolysis) is 1. The van der Waals surface area contributed by atoms with Gasteiger partial charge in [-0.1, -0.05) is 6.07 Å². The standard InChI is InChI=1S/C14H21N3O5S/c1-4-22-14(19)15-8-7-13(18)16-12-9-10(2)5-6-11(12)17-23(3,20)21/h5-6,9,17H,4,7-8H2,1-3H3,(H,15,19)(H,16,18). The van der Waals surface area contributed by atoms with E-state index in [1.54, 1.807) is 25.1 Å². The molecule has 1 aromatic rings. The summed E-state index contributed by atoms with van der Waals surface area (Å²) in [6.07, 6.45) is 0.475. The average Bonchev–Trinajstić information content (AvgIpc) is 2.41. The highest BCUT2D eigenvalue weighted by molar-refractivity contribution is 7.92. The molecule has 0 saturated carbocycles. The van der Waals surface area contributed by atoms with Gasteiger partial charge in [-0.2, -0.15) is 0 Å². The molecule has 8 nitrogen and oxygen atoms in total. The minimum Gasteiger partial charge on any atom is -0.450 e. The van der Waals surface area contributed by atoms with Gasteiger partial charge in [-0.15, -0.1) is 0 Å². The number of ether oxygens (including phenoxy) is 1. The Morgan fingerprint density at radius 1 is 1.22 bits per heavy atom. The summed E-state index contributed by atoms with van der Waals surface area (Å²) in [6, 6.07) is 4.96. The maximum Gasteiger partial charge on any atom is 0.407 e. The first kappa shape index (κ1) is 18.8. The molecule has 0 aliphatic rings. The molecule has 0 atom stereocenters. The number of amides is 2. The van der Waals surface area contributed by atoms with Crippen LogP contribution in [0.3, 0.4) is 0 Å². The zero-order chi connectivity index (χ0) is 17.5. The van der Waals surface area contributed by atoms with Crippen LogP contribution in [-0.4, -0.2) is 39.8 Å². The molecule has 0 aliphatic heterocycles. The first-order valence-corrected chi connectivity index (χ1v) is 8.89. The van der Waals surface area contributed by atoms with Crippen molar-refractivity contribution in [3.8, 4) is 0 Å². The van der Waals surface area contributed by atoms with Crippen LogP contribution in [0.5, 0.6) is 0 Å². The Hall–Kier alpha value is -2.29. The molecule has 0 bridgehead atoms. The maximum absolute atomic E-state index is 11.9. The van der Waals surface area contributed by atoms with Crippen LogP contribution in [0.2, 0.25) is 0 Å². The molecule has 9 heteroatoms. The van der Waals surface area contributed by atoms with Crippen LogP contribution in [0.15, 0.2) is 18.2 Å². The summed E-state index contributed by atoms with van der Waals surface area (Å²) in [4.78, 5) is 23.0. The molecule has 0 spiro atoms. The largest absolute Gasteiger partial charge is 0.450 e. The van der Waals surface area contributed by atoms with E-state index in [2.05, 4.69) is 20.1 Å². The number of carbonyl (C=O) groups excluding carboxylic acids is 2. The van der Waals surface area contributed by atoms with E-state index in [-0.39, 0.29) is 31.2 Å². The monoisotopic (exact) mass is 343 g/mol. The minimum atomic E-state index is -3.46. The molecule has 0 aromatic heterocycles. The van der Waals surface area contributed by atoms with Gasteiger partial charge in [0.2, 0.25) is 15.9 Å². The number of sulfonamides is 1. The van der Waals surface area contributed by atoms with Gasteiger partial charge in [-0.3, -0.25) is 9.52 Å². The van der Waals surface area contributed by atoms with Gasteiger partial charge in [0.15, 0.2) is 0 Å². The molecule has 1 aromatic carbocycles. The van der Waals surface area contributed by atoms with E-state index in [1.165, 1.54) is 0 Å². The van der Waals surface area contributed by atoms with Crippen LogP contribution in [0.1, 0.15) is 18.9 Å². The predicted molar refractivity (Wildman–Crippen MR) is 87.9 cm³/mol. The molecular formula is C14H21N3O5S. The van der Waals surface area contributed by atoms with Crippen LogP contribution in [0.4, 0.5) is 16.2 Å². The molecule has 0 saturated heterocycles. The van der Waals surface area contributed by atoms with Crippen molar-refractivity contribution in [1.29, 1.82) is 0 Å². The van der Waals surface area contributed by atoms with E-state index >= 15 is 0 Å². The molecule has 0 fully saturated rings. The van der Waals surface area contributed by atoms with Crippen LogP contribution < -0.4 is 15.4 Å². The van der Waals surface area contributed by atoms with Crippen molar-refractivity contribution in [2.75, 3.05) is 29.4 Å². The summed E-state index contributed by atoms with van der Waals surface area (Å²) in [6.45, 7) is 3.87. The maximum atomic E-state index is 11.9. The Morgan fingerprint density at radius 2 is 1.91 bits per heavy atom. The lowest BCUT2D eigenvalue weighted by Gasteiger charge is -2.13. The van der Waals surface area contributed by atoms with Gasteiger partial charge in [0.1, 0.15) is 0 Å². The highest BCUT2D eigenvalue weighted by atomic mass is 32.2. The number of anilines is 2. The third kappa shape index (κ3) is 7.50. The smallest absolute Gasteiger partial charge is 0.407 e. The van der Waals surface area contributed by atoms with Gasteiger partial charge < -0.3 is 15.4 Å². The van der Waals surface area contributed by atoms with E-state index in [1.807, 2.05) is 6.92 Å². The lowest BCUT2D eigenvalue weighted by Crippen LogP contribution is -2.28. The zero-order valence-electron chi connectivity index (χ0n) is 13.3. The first-order chi connectivity index (χ1) is 10.7. The lowest BCUT2D eigenvalue weighted by atomic mass is 10.2. The van der Waals surface area contributed by atoms with Crippen molar-refractivity contribution in [2.24, 2.45) is 0 Å². The first-order valence-electron chi connectivity index (χ1n) is 7.00. The number of hydrogen-bond acceptors (Lipinski definition) is 5. The number of carbonyl (C=O) groups is 2. The molecule has 128 valence electrons. The molecule has 0 radical (unpaired) electrons. The number of aryl methyl sites for hydroxylation is 1. The van der Waals surface area contributed by atoms with E-state index in [9.17, 15) is 18.0 Å². The number of rotatable bonds is 7. The van der Waals surface area contributed by atoms with Crippen molar-refractivity contribution in [2.45, 2.75) is 20.3 Å². The Labute approximate surface area is 135 Å². The van der Waals surface area contributed by atoms with Gasteiger partial charge in [0.25, 0.3) is 0 Å². The Kier molecular flexibility index (Phi) is 6.83. The molecule has 23 heavy (non-hydrogen) atoms. The molecule has 1 rings (SSSR count). The fourth-order valence-electron chi connectivity index (χ4n) is 1.72. The van der Waals surface area contributed by atoms with E-state index in [4.69, 9.17) is 0 Å². The molecular weight excluding hydrogens is 322 g/mol. The second-order valence-corrected chi connectivity index (χ2v) is 6.62. The molecule has 0 aliphatic carbocycles. The quantitative estimate of drug-likeness (QED) is 0.693. The average molecular weight is 343 g/mol. The highest BCUT2D eigenvalue weighted by Crippen LogP contribution is 2.24. The third-order valence-electron chi connectivity index (χ3n) is 2.64. The summed E-state index contributed by atoms with van der Waals surface area (Å²) in [5, 5.41) is 5.05. The number of hydrogen-bond donors (Lipinski definition) is 3. The van der Waals surface area contributed by atoms with Crippen molar-refractivity contribution < 1.29 is 22.7 Å². The lowest BCUT2D eigenvalue weighted by molar-refractivity contribution is -0.116. The van der Waals surface area contributed by atoms with Gasteiger partial charge in [-0.05, 0) is 31.5 Å². The van der Waals surface area contributed by atoms with Crippen molar-refractivity contribution in [3.05, 3.63) is 23.8 Å². The van der Waals surface area contributed by atoms with Gasteiger partial charge >= 0.3 is 6.09 Å². The Bertz CT molecular complexity index is 673. The van der Waals surface area contributed by atoms with Crippen LogP contribution in [-0.2, 0) is 19.6 Å². The fourth-order valence-corrected chi connectivity index (χ4v) is 2.30. The Morgan fingerprint density at radius 3 is 2.52 bits per heavy atom. The van der Waals surface area contributed by atoms with Crippen molar-refractivity contribution in [1.82, 2.24) is 5.32 Å². The fraction of sp³-hybridized carbons (Fsp3) is 0.429. The molecule has 0 heterocycles. The van der Waals surface area contributed by atoms with Gasteiger partial charge in [0, 0.05) is 13.0 Å². The van der Waals surface area contributed by atoms with E-state index in [0.29, 0.717) is 5.69 Å². The second-order valence-electron chi connectivity index (χ2n) is 4.87. The minimum absolute atomic E-state index is 0.0328. The van der Waals surface area contributed by atoms with E-state index in [0.717, 1.165) is 11.8 Å². The van der Waals surface area contributed by atoms with Crippen LogP contribution in [0.25, 0.3) is 0 Å². The number of nitrogens with one attached hydrogen (secondary N) is 3. The summed E-state index contributed by atoms with van der Waals surface area (Å²) in [5.41, 5.74) is 1.50. The predicted octanol–water partition coefficient (Wildman–Crippen LogP) is 1.44. The van der Waals surface area contributed by atoms with Crippen molar-refractivity contribution in [3.63, 3.8) is 0 Å². The van der Waals surface area contributed by atoms with Gasteiger partial charge in [0.05, 0.1) is 24.2 Å². The Balaban J connectivity index is 2.66. The third-order valence-corrected chi connectivity index (χ3v) is 3.23. The summed E-state index contributed by atoms with van der Waals surface area (Å²) in [5.74, 6) is -0.357.